The van der Waals surface area contributed by atoms with Crippen LogP contribution in [-0.2, 0) is 17.8 Å². The Bertz CT molecular complexity index is 793. The van der Waals surface area contributed by atoms with Gasteiger partial charge in [-0.3, -0.25) is 4.79 Å². The number of aryl methyl sites for hydroxylation is 1. The first-order valence-corrected chi connectivity index (χ1v) is 8.48. The van der Waals surface area contributed by atoms with Crippen LogP contribution >= 0.6 is 15.9 Å². The number of fused-ring (bicyclic) bond motifs is 1. The minimum absolute atomic E-state index is 0.0564. The molecule has 0 aliphatic carbocycles. The molecule has 2 aromatic heterocycles. The Balaban J connectivity index is 1.55. The number of nitrogens with one attached hydrogen (secondary N) is 1. The molecule has 0 aliphatic heterocycles. The highest BCUT2D eigenvalue weighted by Crippen LogP contribution is 2.24. The van der Waals surface area contributed by atoms with E-state index in [2.05, 4.69) is 37.9 Å². The van der Waals surface area contributed by atoms with Crippen LogP contribution in [0, 0.1) is 0 Å². The fourth-order valence-corrected chi connectivity index (χ4v) is 3.22. The van der Waals surface area contributed by atoms with Gasteiger partial charge in [0.2, 0.25) is 5.91 Å². The van der Waals surface area contributed by atoms with E-state index in [9.17, 15) is 4.79 Å². The third kappa shape index (κ3) is 3.85. The lowest BCUT2D eigenvalue weighted by atomic mass is 10.2. The molecular formula is C18H19BrN2O2. The number of benzene rings is 1. The highest BCUT2D eigenvalue weighted by molar-refractivity contribution is 9.10. The molecule has 1 amide bonds. The van der Waals surface area contributed by atoms with Crippen molar-refractivity contribution in [2.75, 3.05) is 0 Å². The molecule has 0 fully saturated rings. The summed E-state index contributed by atoms with van der Waals surface area (Å²) in [6, 6.07) is 12.0. The van der Waals surface area contributed by atoms with Gasteiger partial charge in [0.05, 0.1) is 6.26 Å². The van der Waals surface area contributed by atoms with Crippen LogP contribution in [0.5, 0.6) is 0 Å². The number of hydrogen-bond donors (Lipinski definition) is 1. The highest BCUT2D eigenvalue weighted by Gasteiger charge is 2.10. The largest absolute Gasteiger partial charge is 0.469 e. The third-order valence-electron chi connectivity index (χ3n) is 3.84. The molecule has 120 valence electrons. The maximum atomic E-state index is 12.1. The lowest BCUT2D eigenvalue weighted by Crippen LogP contribution is -2.34. The van der Waals surface area contributed by atoms with Crippen LogP contribution in [0.4, 0.5) is 0 Å². The van der Waals surface area contributed by atoms with E-state index in [-0.39, 0.29) is 11.9 Å². The Hall–Kier alpha value is -2.01. The number of carbonyl (C=O) groups is 1. The van der Waals surface area contributed by atoms with Crippen molar-refractivity contribution in [1.29, 1.82) is 0 Å². The topological polar surface area (TPSA) is 47.2 Å². The first kappa shape index (κ1) is 15.9. The van der Waals surface area contributed by atoms with Crippen LogP contribution in [0.2, 0.25) is 0 Å². The molecule has 4 nitrogen and oxygen atoms in total. The Morgan fingerprint density at radius 2 is 2.17 bits per heavy atom. The van der Waals surface area contributed by atoms with Crippen LogP contribution in [0.15, 0.2) is 57.7 Å². The first-order valence-electron chi connectivity index (χ1n) is 7.68. The number of furan rings is 1. The second-order valence-electron chi connectivity index (χ2n) is 5.68. The van der Waals surface area contributed by atoms with Crippen molar-refractivity contribution in [3.8, 4) is 0 Å². The summed E-state index contributed by atoms with van der Waals surface area (Å²) in [5, 5.41) is 4.18. The number of halogens is 1. The van der Waals surface area contributed by atoms with E-state index in [1.165, 1.54) is 5.39 Å². The molecule has 3 rings (SSSR count). The number of aromatic nitrogens is 1. The zero-order chi connectivity index (χ0) is 16.2. The van der Waals surface area contributed by atoms with Gasteiger partial charge in [-0.15, -0.1) is 0 Å². The summed E-state index contributed by atoms with van der Waals surface area (Å²) in [6.07, 6.45) is 4.84. The van der Waals surface area contributed by atoms with Gasteiger partial charge in [0.1, 0.15) is 5.76 Å². The smallest absolute Gasteiger partial charge is 0.222 e. The van der Waals surface area contributed by atoms with Crippen LogP contribution < -0.4 is 5.32 Å². The quantitative estimate of drug-likeness (QED) is 0.704. The summed E-state index contributed by atoms with van der Waals surface area (Å²) in [6.45, 7) is 2.65. The SMILES string of the molecule is C[C@@H](Cc1ccco1)NC(=O)CCn1ccc2c(Br)cccc21. The molecule has 1 atom stereocenters. The van der Waals surface area contributed by atoms with Crippen LogP contribution in [-0.4, -0.2) is 16.5 Å². The molecule has 0 radical (unpaired) electrons. The van der Waals surface area contributed by atoms with Gasteiger partial charge in [-0.1, -0.05) is 22.0 Å². The second kappa shape index (κ2) is 7.04. The third-order valence-corrected chi connectivity index (χ3v) is 4.53. The summed E-state index contributed by atoms with van der Waals surface area (Å²) < 4.78 is 8.49. The average Bonchev–Trinajstić information content (AvgIpc) is 3.15. The molecule has 1 aromatic carbocycles. The maximum absolute atomic E-state index is 12.1. The number of nitrogens with zero attached hydrogens (tertiary/aromatic N) is 1. The van der Waals surface area contributed by atoms with E-state index >= 15 is 0 Å². The zero-order valence-corrected chi connectivity index (χ0v) is 14.5. The van der Waals surface area contributed by atoms with Crippen LogP contribution in [0.3, 0.4) is 0 Å². The van der Waals surface area contributed by atoms with Crippen LogP contribution in [0.25, 0.3) is 10.9 Å². The summed E-state index contributed by atoms with van der Waals surface area (Å²) in [4.78, 5) is 12.1. The standard InChI is InChI=1S/C18H19BrN2O2/c1-13(12-14-4-3-11-23-14)20-18(22)8-10-21-9-7-15-16(19)5-2-6-17(15)21/h2-7,9,11,13H,8,10,12H2,1H3,(H,20,22)/t13-/m0/s1. The number of amides is 1. The summed E-state index contributed by atoms with van der Waals surface area (Å²) >= 11 is 3.55. The van der Waals surface area contributed by atoms with E-state index in [0.717, 1.165) is 15.7 Å². The number of hydrogen-bond acceptors (Lipinski definition) is 2. The summed E-state index contributed by atoms with van der Waals surface area (Å²) in [5.74, 6) is 0.944. The number of rotatable bonds is 6. The van der Waals surface area contributed by atoms with Gasteiger partial charge < -0.3 is 14.3 Å². The monoisotopic (exact) mass is 374 g/mol. The van der Waals surface area contributed by atoms with Gasteiger partial charge in [-0.25, -0.2) is 0 Å². The van der Waals surface area contributed by atoms with Gasteiger partial charge in [0.25, 0.3) is 0 Å². The van der Waals surface area contributed by atoms with Gasteiger partial charge >= 0.3 is 0 Å². The van der Waals surface area contributed by atoms with Gasteiger partial charge in [0.15, 0.2) is 0 Å². The predicted octanol–water partition coefficient (Wildman–Crippen LogP) is 4.13. The Labute approximate surface area is 143 Å². The minimum atomic E-state index is 0.0564. The Morgan fingerprint density at radius 1 is 1.30 bits per heavy atom. The van der Waals surface area contributed by atoms with Gasteiger partial charge in [-0.05, 0) is 37.3 Å². The zero-order valence-electron chi connectivity index (χ0n) is 13.0. The number of carbonyl (C=O) groups excluding carboxylic acids is 1. The molecule has 0 aliphatic rings. The van der Waals surface area contributed by atoms with Crippen molar-refractivity contribution in [1.82, 2.24) is 9.88 Å². The summed E-state index contributed by atoms with van der Waals surface area (Å²) in [5.41, 5.74) is 1.14. The molecular weight excluding hydrogens is 356 g/mol. The van der Waals surface area contributed by atoms with Crippen molar-refractivity contribution in [3.63, 3.8) is 0 Å². The lowest BCUT2D eigenvalue weighted by Gasteiger charge is -2.13. The second-order valence-corrected chi connectivity index (χ2v) is 6.54. The van der Waals surface area contributed by atoms with Crippen molar-refractivity contribution in [2.45, 2.75) is 32.4 Å². The molecule has 23 heavy (non-hydrogen) atoms. The molecule has 1 N–H and O–H groups in total. The normalized spacial score (nSPS) is 12.4. The van der Waals surface area contributed by atoms with Gasteiger partial charge in [-0.2, -0.15) is 0 Å². The van der Waals surface area contributed by atoms with Crippen molar-refractivity contribution < 1.29 is 9.21 Å². The molecule has 0 saturated carbocycles. The lowest BCUT2D eigenvalue weighted by molar-refractivity contribution is -0.121. The minimum Gasteiger partial charge on any atom is -0.469 e. The maximum Gasteiger partial charge on any atom is 0.222 e. The van der Waals surface area contributed by atoms with Crippen LogP contribution in [0.1, 0.15) is 19.1 Å². The molecule has 3 aromatic rings. The van der Waals surface area contributed by atoms with E-state index in [0.29, 0.717) is 19.4 Å². The van der Waals surface area contributed by atoms with E-state index in [1.807, 2.05) is 37.4 Å². The molecule has 2 heterocycles. The Morgan fingerprint density at radius 3 is 2.96 bits per heavy atom. The average molecular weight is 375 g/mol. The predicted molar refractivity (Wildman–Crippen MR) is 94.3 cm³/mol. The van der Waals surface area contributed by atoms with Crippen molar-refractivity contribution in [3.05, 3.63) is 59.1 Å². The highest BCUT2D eigenvalue weighted by atomic mass is 79.9. The van der Waals surface area contributed by atoms with E-state index in [4.69, 9.17) is 4.42 Å². The molecule has 0 bridgehead atoms. The van der Waals surface area contributed by atoms with E-state index < -0.39 is 0 Å². The van der Waals surface area contributed by atoms with Crippen molar-refractivity contribution >= 4 is 32.7 Å². The molecule has 5 heteroatoms. The molecule has 0 spiro atoms. The fraction of sp³-hybridized carbons (Fsp3) is 0.278. The molecule has 0 unspecified atom stereocenters. The molecule has 0 saturated heterocycles. The van der Waals surface area contributed by atoms with E-state index in [1.54, 1.807) is 6.26 Å². The van der Waals surface area contributed by atoms with Gasteiger partial charge in [0, 0.05) is 47.0 Å². The van der Waals surface area contributed by atoms with Crippen molar-refractivity contribution in [2.24, 2.45) is 0 Å². The first-order chi connectivity index (χ1) is 11.1. The Kier molecular flexibility index (Phi) is 4.86. The fourth-order valence-electron chi connectivity index (χ4n) is 2.73. The summed E-state index contributed by atoms with van der Waals surface area (Å²) in [7, 11) is 0.